The molecular formula is C13H16N2O. The van der Waals surface area contributed by atoms with E-state index in [1.54, 1.807) is 0 Å². The second-order valence-electron chi connectivity index (χ2n) is 4.63. The van der Waals surface area contributed by atoms with Gasteiger partial charge in [0.15, 0.2) is 0 Å². The topological polar surface area (TPSA) is 31.9 Å². The molecule has 2 aromatic rings. The summed E-state index contributed by atoms with van der Waals surface area (Å²) in [7, 11) is 0. The highest BCUT2D eigenvalue weighted by Crippen LogP contribution is 2.28. The van der Waals surface area contributed by atoms with Gasteiger partial charge >= 0.3 is 0 Å². The standard InChI is InChI=1S/C13H16N2O/c16-15-13-9-5-4-6-11(13)10-14(15)12-7-2-1-3-8-12/h4-6,9-10,12H,1-3,7-8H2. The fourth-order valence-electron chi connectivity index (χ4n) is 2.69. The molecule has 0 radical (unpaired) electrons. The monoisotopic (exact) mass is 216 g/mol. The van der Waals surface area contributed by atoms with Gasteiger partial charge < -0.3 is 5.21 Å². The molecule has 3 rings (SSSR count). The minimum Gasteiger partial charge on any atom is -0.595 e. The van der Waals surface area contributed by atoms with Crippen LogP contribution in [0.15, 0.2) is 30.5 Å². The van der Waals surface area contributed by atoms with E-state index in [2.05, 4.69) is 0 Å². The Morgan fingerprint density at radius 1 is 1.12 bits per heavy atom. The molecule has 16 heavy (non-hydrogen) atoms. The maximum absolute atomic E-state index is 12.1. The molecule has 1 aromatic heterocycles. The van der Waals surface area contributed by atoms with Crippen molar-refractivity contribution in [3.63, 3.8) is 0 Å². The van der Waals surface area contributed by atoms with Gasteiger partial charge in [0.05, 0.1) is 17.6 Å². The van der Waals surface area contributed by atoms with Crippen LogP contribution in [0.4, 0.5) is 0 Å². The lowest BCUT2D eigenvalue weighted by Gasteiger charge is -2.20. The molecule has 0 amide bonds. The van der Waals surface area contributed by atoms with Gasteiger partial charge in [-0.2, -0.15) is 0 Å². The van der Waals surface area contributed by atoms with Crippen molar-refractivity contribution >= 4 is 10.9 Å². The van der Waals surface area contributed by atoms with Gasteiger partial charge in [-0.3, -0.25) is 0 Å². The fourth-order valence-corrected chi connectivity index (χ4v) is 2.69. The molecule has 3 heteroatoms. The number of rotatable bonds is 1. The summed E-state index contributed by atoms with van der Waals surface area (Å²) in [6, 6.07) is 8.19. The smallest absolute Gasteiger partial charge is 0.251 e. The highest BCUT2D eigenvalue weighted by molar-refractivity contribution is 5.74. The number of hydrogen-bond donors (Lipinski definition) is 0. The third kappa shape index (κ3) is 1.47. The lowest BCUT2D eigenvalue weighted by atomic mass is 9.96. The van der Waals surface area contributed by atoms with Crippen LogP contribution in [0.3, 0.4) is 0 Å². The van der Waals surface area contributed by atoms with E-state index in [4.69, 9.17) is 0 Å². The van der Waals surface area contributed by atoms with Gasteiger partial charge in [0.1, 0.15) is 0 Å². The lowest BCUT2D eigenvalue weighted by Crippen LogP contribution is -2.40. The summed E-state index contributed by atoms with van der Waals surface area (Å²) in [4.78, 5) is 1.06. The van der Waals surface area contributed by atoms with E-state index in [-0.39, 0.29) is 0 Å². The number of benzene rings is 1. The quantitative estimate of drug-likeness (QED) is 0.533. The molecule has 1 heterocycles. The Hall–Kier alpha value is -1.51. The first-order valence-corrected chi connectivity index (χ1v) is 6.06. The molecule has 0 saturated heterocycles. The van der Waals surface area contributed by atoms with Crippen molar-refractivity contribution in [3.8, 4) is 0 Å². The molecule has 1 fully saturated rings. The normalized spacial score (nSPS) is 18.0. The van der Waals surface area contributed by atoms with Crippen LogP contribution in [-0.2, 0) is 0 Å². The molecule has 3 nitrogen and oxygen atoms in total. The maximum Gasteiger partial charge on any atom is 0.251 e. The predicted octanol–water partition coefficient (Wildman–Crippen LogP) is 2.78. The van der Waals surface area contributed by atoms with Crippen molar-refractivity contribution in [2.45, 2.75) is 38.1 Å². The van der Waals surface area contributed by atoms with Crippen molar-refractivity contribution in [1.29, 1.82) is 0 Å². The molecule has 0 N–H and O–H groups in total. The minimum absolute atomic E-state index is 0.402. The summed E-state index contributed by atoms with van der Waals surface area (Å²) in [6.07, 6.45) is 8.10. The Balaban J connectivity index is 2.05. The Morgan fingerprint density at radius 2 is 1.88 bits per heavy atom. The average molecular weight is 216 g/mol. The number of fused-ring (bicyclic) bond motifs is 1. The Labute approximate surface area is 94.9 Å². The number of aromatic nitrogens is 2. The van der Waals surface area contributed by atoms with Crippen LogP contribution in [0.5, 0.6) is 0 Å². The number of nitrogens with zero attached hydrogens (tertiary/aromatic N) is 2. The SMILES string of the molecule is [O-][n+]1c2ccccc2cn1C1CCCCC1. The molecule has 0 unspecified atom stereocenters. The fraction of sp³-hybridized carbons (Fsp3) is 0.462. The van der Waals surface area contributed by atoms with Crippen molar-refractivity contribution in [2.75, 3.05) is 0 Å². The largest absolute Gasteiger partial charge is 0.595 e. The van der Waals surface area contributed by atoms with Crippen LogP contribution in [0.1, 0.15) is 38.1 Å². The third-order valence-electron chi connectivity index (χ3n) is 3.57. The molecule has 0 bridgehead atoms. The van der Waals surface area contributed by atoms with Crippen LogP contribution in [0, 0.1) is 5.21 Å². The molecular weight excluding hydrogens is 200 g/mol. The first-order valence-electron chi connectivity index (χ1n) is 6.06. The molecule has 1 aliphatic rings. The zero-order valence-corrected chi connectivity index (χ0v) is 9.30. The van der Waals surface area contributed by atoms with E-state index in [1.807, 2.05) is 35.1 Å². The van der Waals surface area contributed by atoms with Gasteiger partial charge in [0, 0.05) is 6.07 Å². The van der Waals surface area contributed by atoms with Crippen molar-refractivity contribution in [2.24, 2.45) is 0 Å². The van der Waals surface area contributed by atoms with E-state index in [1.165, 1.54) is 19.3 Å². The van der Waals surface area contributed by atoms with Crippen LogP contribution < -0.4 is 4.85 Å². The summed E-state index contributed by atoms with van der Waals surface area (Å²) < 4.78 is 1.88. The van der Waals surface area contributed by atoms with E-state index in [9.17, 15) is 5.21 Å². The van der Waals surface area contributed by atoms with E-state index < -0.39 is 0 Å². The van der Waals surface area contributed by atoms with E-state index in [0.717, 1.165) is 28.6 Å². The number of hydrogen-bond acceptors (Lipinski definition) is 1. The molecule has 1 saturated carbocycles. The molecule has 0 spiro atoms. The second kappa shape index (κ2) is 3.81. The molecule has 84 valence electrons. The Morgan fingerprint density at radius 3 is 2.62 bits per heavy atom. The van der Waals surface area contributed by atoms with Crippen LogP contribution in [0.25, 0.3) is 10.9 Å². The Bertz CT molecular complexity index is 498. The van der Waals surface area contributed by atoms with E-state index in [0.29, 0.717) is 6.04 Å². The van der Waals surface area contributed by atoms with E-state index >= 15 is 0 Å². The summed E-state index contributed by atoms with van der Waals surface area (Å²) in [6.45, 7) is 0. The first-order chi connectivity index (χ1) is 7.86. The van der Waals surface area contributed by atoms with Crippen molar-refractivity contribution < 1.29 is 4.85 Å². The van der Waals surface area contributed by atoms with Crippen molar-refractivity contribution in [3.05, 3.63) is 35.7 Å². The van der Waals surface area contributed by atoms with Gasteiger partial charge in [-0.15, -0.1) is 4.68 Å². The highest BCUT2D eigenvalue weighted by Gasteiger charge is 2.22. The number of para-hydroxylation sites is 1. The Kier molecular flexibility index (Phi) is 2.31. The van der Waals surface area contributed by atoms with Crippen LogP contribution >= 0.6 is 0 Å². The molecule has 0 aliphatic heterocycles. The maximum atomic E-state index is 12.1. The van der Waals surface area contributed by atoms with Crippen LogP contribution in [-0.4, -0.2) is 4.68 Å². The molecule has 1 aliphatic carbocycles. The van der Waals surface area contributed by atoms with Gasteiger partial charge in [0.2, 0.25) is 0 Å². The highest BCUT2D eigenvalue weighted by atomic mass is 16.5. The summed E-state index contributed by atoms with van der Waals surface area (Å²) in [5, 5.41) is 13.2. The third-order valence-corrected chi connectivity index (χ3v) is 3.57. The average Bonchev–Trinajstić information content (AvgIpc) is 2.69. The summed E-state index contributed by atoms with van der Waals surface area (Å²) in [5.41, 5.74) is 0.785. The van der Waals surface area contributed by atoms with Gasteiger partial charge in [-0.1, -0.05) is 36.2 Å². The van der Waals surface area contributed by atoms with Gasteiger partial charge in [-0.25, -0.2) is 0 Å². The summed E-state index contributed by atoms with van der Waals surface area (Å²) in [5.74, 6) is 0. The minimum atomic E-state index is 0.402. The zero-order chi connectivity index (χ0) is 11.0. The van der Waals surface area contributed by atoms with Crippen molar-refractivity contribution in [1.82, 2.24) is 4.68 Å². The lowest BCUT2D eigenvalue weighted by molar-refractivity contribution is -0.674. The summed E-state index contributed by atoms with van der Waals surface area (Å²) >= 11 is 0. The predicted molar refractivity (Wildman–Crippen MR) is 63.0 cm³/mol. The molecule has 0 atom stereocenters. The van der Waals surface area contributed by atoms with Gasteiger partial charge in [0.25, 0.3) is 5.52 Å². The molecule has 1 aromatic carbocycles. The zero-order valence-electron chi connectivity index (χ0n) is 9.30. The second-order valence-corrected chi connectivity index (χ2v) is 4.63. The van der Waals surface area contributed by atoms with Gasteiger partial charge in [-0.05, 0) is 18.9 Å². The van der Waals surface area contributed by atoms with Crippen LogP contribution in [0.2, 0.25) is 0 Å². The first kappa shape index (κ1) is 9.70.